The van der Waals surface area contributed by atoms with Gasteiger partial charge in [-0.25, -0.2) is 4.79 Å². The summed E-state index contributed by atoms with van der Waals surface area (Å²) in [6, 6.07) is 15.2. The van der Waals surface area contributed by atoms with E-state index in [2.05, 4.69) is 9.46 Å². The van der Waals surface area contributed by atoms with Gasteiger partial charge < -0.3 is 18.6 Å². The lowest BCUT2D eigenvalue weighted by molar-refractivity contribution is 0.0559. The maximum atomic E-state index is 12.4. The first kappa shape index (κ1) is 20.8. The number of anilines is 1. The number of nitrogens with one attached hydrogen (secondary N) is 1. The Morgan fingerprint density at radius 3 is 2.40 bits per heavy atom. The molecule has 2 aromatic carbocycles. The van der Waals surface area contributed by atoms with Crippen molar-refractivity contribution < 1.29 is 31.8 Å². The van der Waals surface area contributed by atoms with Crippen LogP contribution in [0.25, 0.3) is 0 Å². The van der Waals surface area contributed by atoms with Gasteiger partial charge >= 0.3 is 5.97 Å². The molecule has 3 rings (SSSR count). The highest BCUT2D eigenvalue weighted by Crippen LogP contribution is 2.32. The number of methoxy groups -OCH3 is 2. The molecule has 0 unspecified atom stereocenters. The molecule has 1 heterocycles. The van der Waals surface area contributed by atoms with E-state index >= 15 is 0 Å². The number of esters is 1. The van der Waals surface area contributed by atoms with Crippen molar-refractivity contribution in [2.24, 2.45) is 0 Å². The average molecular weight is 428 g/mol. The van der Waals surface area contributed by atoms with Crippen LogP contribution >= 0.6 is 0 Å². The fourth-order valence-corrected chi connectivity index (χ4v) is 3.41. The van der Waals surface area contributed by atoms with E-state index in [0.717, 1.165) is 13.2 Å². The van der Waals surface area contributed by atoms with Gasteiger partial charge in [-0.15, -0.1) is 0 Å². The summed E-state index contributed by atoms with van der Waals surface area (Å²) in [5.74, 6) is 0.204. The van der Waals surface area contributed by atoms with Crippen LogP contribution in [-0.4, -0.2) is 28.6 Å². The molecule has 0 bridgehead atoms. The zero-order valence-electron chi connectivity index (χ0n) is 15.9. The molecule has 0 aliphatic rings. The van der Waals surface area contributed by atoms with Gasteiger partial charge in [0.15, 0.2) is 11.5 Å². The summed E-state index contributed by atoms with van der Waals surface area (Å²) < 4.78 is 47.6. The van der Waals surface area contributed by atoms with Gasteiger partial charge in [0.1, 0.15) is 5.75 Å². The van der Waals surface area contributed by atoms with Crippen LogP contribution < -0.4 is 14.2 Å². The number of hydrogen-bond acceptors (Lipinski definition) is 8. The Balaban J connectivity index is 1.74. The normalized spacial score (nSPS) is 10.7. The summed E-state index contributed by atoms with van der Waals surface area (Å²) in [4.78, 5) is 11.4. The van der Waals surface area contributed by atoms with Crippen molar-refractivity contribution in [2.45, 2.75) is 5.09 Å². The Morgan fingerprint density at radius 1 is 1.03 bits per heavy atom. The topological polar surface area (TPSA) is 128 Å². The molecule has 3 aromatic rings. The quantitative estimate of drug-likeness (QED) is 0.566. The van der Waals surface area contributed by atoms with Crippen LogP contribution in [0.3, 0.4) is 0 Å². The van der Waals surface area contributed by atoms with Gasteiger partial charge in [0.05, 0.1) is 25.9 Å². The molecule has 0 saturated heterocycles. The van der Waals surface area contributed by atoms with Gasteiger partial charge in [-0.05, 0) is 48.5 Å². The minimum absolute atomic E-state index is 0.224. The minimum Gasteiger partial charge on any atom is -0.493 e. The second-order valence-electron chi connectivity index (χ2n) is 5.82. The van der Waals surface area contributed by atoms with Crippen molar-refractivity contribution in [3.63, 3.8) is 0 Å². The van der Waals surface area contributed by atoms with E-state index in [4.69, 9.17) is 19.2 Å². The maximum absolute atomic E-state index is 12.4. The maximum Gasteiger partial charge on any atom is 0.374 e. The van der Waals surface area contributed by atoms with E-state index in [-0.39, 0.29) is 11.4 Å². The molecule has 0 aliphatic heterocycles. The second-order valence-corrected chi connectivity index (χ2v) is 7.43. The number of benzene rings is 2. The number of carbonyl (C=O) groups is 1. The first-order valence-corrected chi connectivity index (χ1v) is 9.91. The van der Waals surface area contributed by atoms with Gasteiger partial charge in [-0.2, -0.15) is 13.7 Å². The third-order valence-electron chi connectivity index (χ3n) is 3.86. The number of carbonyl (C=O) groups excluding carboxylic acids is 1. The van der Waals surface area contributed by atoms with Crippen molar-refractivity contribution in [3.05, 3.63) is 65.9 Å². The molecule has 9 nitrogen and oxygen atoms in total. The van der Waals surface area contributed by atoms with Gasteiger partial charge in [0.2, 0.25) is 10.9 Å². The van der Waals surface area contributed by atoms with Crippen LogP contribution in [0.2, 0.25) is 0 Å². The highest BCUT2D eigenvalue weighted by molar-refractivity contribution is 7.92. The Labute approximate surface area is 172 Å². The van der Waals surface area contributed by atoms with Crippen molar-refractivity contribution >= 4 is 21.7 Å². The van der Waals surface area contributed by atoms with Crippen molar-refractivity contribution in [2.75, 3.05) is 18.9 Å². The van der Waals surface area contributed by atoms with Crippen molar-refractivity contribution in [1.82, 2.24) is 0 Å². The van der Waals surface area contributed by atoms with E-state index in [9.17, 15) is 13.2 Å². The molecule has 10 heteroatoms. The van der Waals surface area contributed by atoms with E-state index in [0.29, 0.717) is 22.8 Å². The molecule has 154 valence electrons. The number of furan rings is 1. The number of sulfonamides is 1. The Kier molecular flexibility index (Phi) is 5.94. The van der Waals surface area contributed by atoms with Crippen LogP contribution in [0, 0.1) is 11.3 Å². The van der Waals surface area contributed by atoms with E-state index in [1.54, 1.807) is 30.3 Å². The lowest BCUT2D eigenvalue weighted by Crippen LogP contribution is -2.12. The summed E-state index contributed by atoms with van der Waals surface area (Å²) in [5, 5.41) is 8.53. The molecule has 1 N–H and O–H groups in total. The number of nitriles is 1. The molecule has 0 atom stereocenters. The van der Waals surface area contributed by atoms with Gasteiger partial charge in [0, 0.05) is 11.8 Å². The largest absolute Gasteiger partial charge is 0.493 e. The van der Waals surface area contributed by atoms with E-state index < -0.39 is 21.1 Å². The van der Waals surface area contributed by atoms with Crippen LogP contribution in [0.5, 0.6) is 17.2 Å². The van der Waals surface area contributed by atoms with E-state index in [1.807, 2.05) is 6.07 Å². The Bertz CT molecular complexity index is 1210. The summed E-state index contributed by atoms with van der Waals surface area (Å²) in [7, 11) is -1.42. The Morgan fingerprint density at radius 2 is 1.77 bits per heavy atom. The summed E-state index contributed by atoms with van der Waals surface area (Å²) >= 11 is 0. The third kappa shape index (κ3) is 4.53. The smallest absolute Gasteiger partial charge is 0.374 e. The zero-order chi connectivity index (χ0) is 21.7. The molecular weight excluding hydrogens is 412 g/mol. The Hall–Kier alpha value is -3.97. The fourth-order valence-electron chi connectivity index (χ4n) is 2.42. The number of ether oxygens (including phenoxy) is 3. The standard InChI is InChI=1S/C20H16N2O7S/c1-26-18-11-13(12-21)3-8-16(18)28-15-6-4-14(5-7-15)22-30(24,25)19-10-9-17(29-19)20(23)27-2/h3-11,22H,1-2H3. The van der Waals surface area contributed by atoms with Gasteiger partial charge in [-0.3, -0.25) is 4.72 Å². The van der Waals surface area contributed by atoms with Crippen molar-refractivity contribution in [1.29, 1.82) is 5.26 Å². The molecule has 0 spiro atoms. The van der Waals surface area contributed by atoms with Gasteiger partial charge in [0.25, 0.3) is 10.0 Å². The molecule has 1 aromatic heterocycles. The second kappa shape index (κ2) is 8.59. The zero-order valence-corrected chi connectivity index (χ0v) is 16.7. The number of nitrogens with zero attached hydrogens (tertiary/aromatic N) is 1. The molecule has 0 fully saturated rings. The molecule has 30 heavy (non-hydrogen) atoms. The summed E-state index contributed by atoms with van der Waals surface area (Å²) in [5.41, 5.74) is 0.683. The van der Waals surface area contributed by atoms with Crippen LogP contribution in [0.15, 0.2) is 64.1 Å². The number of rotatable bonds is 7. The highest BCUT2D eigenvalue weighted by Gasteiger charge is 2.21. The fraction of sp³-hybridized carbons (Fsp3) is 0.100. The molecule has 0 saturated carbocycles. The molecule has 0 amide bonds. The van der Waals surface area contributed by atoms with Crippen LogP contribution in [0.1, 0.15) is 16.1 Å². The van der Waals surface area contributed by atoms with Crippen LogP contribution in [0.4, 0.5) is 5.69 Å². The van der Waals surface area contributed by atoms with Gasteiger partial charge in [-0.1, -0.05) is 0 Å². The van der Waals surface area contributed by atoms with Crippen molar-refractivity contribution in [3.8, 4) is 23.3 Å². The van der Waals surface area contributed by atoms with E-state index in [1.165, 1.54) is 25.3 Å². The molecular formula is C20H16N2O7S. The monoisotopic (exact) mass is 428 g/mol. The van der Waals surface area contributed by atoms with Crippen LogP contribution in [-0.2, 0) is 14.8 Å². The number of hydrogen-bond donors (Lipinski definition) is 1. The first-order valence-electron chi connectivity index (χ1n) is 8.43. The SMILES string of the molecule is COC(=O)c1ccc(S(=O)(=O)Nc2ccc(Oc3ccc(C#N)cc3OC)cc2)o1. The predicted octanol–water partition coefficient (Wildman–Crippen LogP) is 3.54. The summed E-state index contributed by atoms with van der Waals surface area (Å²) in [6.07, 6.45) is 0. The summed E-state index contributed by atoms with van der Waals surface area (Å²) in [6.45, 7) is 0. The highest BCUT2D eigenvalue weighted by atomic mass is 32.2. The lowest BCUT2D eigenvalue weighted by atomic mass is 10.2. The lowest BCUT2D eigenvalue weighted by Gasteiger charge is -2.11. The average Bonchev–Trinajstić information content (AvgIpc) is 3.26. The predicted molar refractivity (Wildman–Crippen MR) is 105 cm³/mol. The molecule has 0 aliphatic carbocycles. The first-order chi connectivity index (χ1) is 14.4. The minimum atomic E-state index is -4.04. The third-order valence-corrected chi connectivity index (χ3v) is 5.11. The molecule has 0 radical (unpaired) electrons.